The van der Waals surface area contributed by atoms with Crippen LogP contribution in [0.4, 0.5) is 0 Å². The van der Waals surface area contributed by atoms with Crippen LogP contribution in [-0.4, -0.2) is 22.9 Å². The van der Waals surface area contributed by atoms with Crippen LogP contribution >= 0.6 is 0 Å². The Bertz CT molecular complexity index is 319. The van der Waals surface area contributed by atoms with Gasteiger partial charge in [0.1, 0.15) is 0 Å². The Hall–Kier alpha value is -0.830. The van der Waals surface area contributed by atoms with Crippen LogP contribution in [0.25, 0.3) is 0 Å². The number of hydrogen-bond acceptors (Lipinski definition) is 2. The topological polar surface area (TPSA) is 29.9 Å². The van der Waals surface area contributed by atoms with Crippen molar-refractivity contribution in [2.45, 2.75) is 45.6 Å². The summed E-state index contributed by atoms with van der Waals surface area (Å²) in [6.45, 7) is 7.66. The Morgan fingerprint density at radius 1 is 1.44 bits per heavy atom. The van der Waals surface area contributed by atoms with E-state index in [4.69, 9.17) is 0 Å². The number of nitrogens with one attached hydrogen (secondary N) is 1. The molecule has 16 heavy (non-hydrogen) atoms. The van der Waals surface area contributed by atoms with Crippen LogP contribution in [0, 0.1) is 5.92 Å². The molecule has 3 nitrogen and oxygen atoms in total. The van der Waals surface area contributed by atoms with Crippen molar-refractivity contribution in [1.29, 1.82) is 0 Å². The monoisotopic (exact) mass is 221 g/mol. The van der Waals surface area contributed by atoms with Crippen molar-refractivity contribution in [1.82, 2.24) is 15.1 Å². The van der Waals surface area contributed by atoms with Crippen LogP contribution in [0.15, 0.2) is 12.4 Å². The molecule has 1 fully saturated rings. The van der Waals surface area contributed by atoms with E-state index >= 15 is 0 Å². The van der Waals surface area contributed by atoms with Gasteiger partial charge in [-0.3, -0.25) is 4.68 Å². The normalized spacial score (nSPS) is 24.4. The molecule has 90 valence electrons. The fourth-order valence-electron chi connectivity index (χ4n) is 2.46. The van der Waals surface area contributed by atoms with Gasteiger partial charge < -0.3 is 5.32 Å². The Kier molecular flexibility index (Phi) is 3.99. The largest absolute Gasteiger partial charge is 0.316 e. The minimum absolute atomic E-state index is 0.754. The Morgan fingerprint density at radius 3 is 2.88 bits per heavy atom. The number of nitrogens with zero attached hydrogens (tertiary/aromatic N) is 2. The number of aromatic nitrogens is 2. The first-order valence-electron chi connectivity index (χ1n) is 6.58. The predicted molar refractivity (Wildman–Crippen MR) is 66.5 cm³/mol. The van der Waals surface area contributed by atoms with Crippen LogP contribution in [0.5, 0.6) is 0 Å². The number of rotatable bonds is 6. The van der Waals surface area contributed by atoms with E-state index < -0.39 is 0 Å². The van der Waals surface area contributed by atoms with Gasteiger partial charge in [-0.15, -0.1) is 0 Å². The van der Waals surface area contributed by atoms with Gasteiger partial charge in [0.05, 0.1) is 6.20 Å². The summed E-state index contributed by atoms with van der Waals surface area (Å²) in [4.78, 5) is 0. The maximum absolute atomic E-state index is 4.36. The fraction of sp³-hybridized carbons (Fsp3) is 0.769. The highest BCUT2D eigenvalue weighted by Crippen LogP contribution is 2.41. The van der Waals surface area contributed by atoms with Crippen LogP contribution in [0.3, 0.4) is 0 Å². The molecule has 1 aromatic heterocycles. The Labute approximate surface area is 98.2 Å². The lowest BCUT2D eigenvalue weighted by Gasteiger charge is -2.36. The quantitative estimate of drug-likeness (QED) is 0.748. The van der Waals surface area contributed by atoms with Gasteiger partial charge in [0.2, 0.25) is 0 Å². The van der Waals surface area contributed by atoms with E-state index in [9.17, 15) is 0 Å². The predicted octanol–water partition coefficient (Wildman–Crippen LogP) is 2.40. The van der Waals surface area contributed by atoms with Gasteiger partial charge in [0.15, 0.2) is 0 Å². The fourth-order valence-corrected chi connectivity index (χ4v) is 2.46. The third-order valence-electron chi connectivity index (χ3n) is 3.66. The molecule has 2 unspecified atom stereocenters. The van der Waals surface area contributed by atoms with Crippen LogP contribution in [0.1, 0.15) is 44.6 Å². The molecule has 0 saturated heterocycles. The van der Waals surface area contributed by atoms with Crippen molar-refractivity contribution in [3.8, 4) is 0 Å². The molecule has 1 aromatic rings. The highest BCUT2D eigenvalue weighted by molar-refractivity contribution is 5.16. The van der Waals surface area contributed by atoms with Crippen molar-refractivity contribution >= 4 is 0 Å². The molecule has 1 heterocycles. The molecule has 0 aromatic carbocycles. The summed E-state index contributed by atoms with van der Waals surface area (Å²) in [5, 5.41) is 7.90. The summed E-state index contributed by atoms with van der Waals surface area (Å²) < 4.78 is 2.03. The lowest BCUT2D eigenvalue weighted by Crippen LogP contribution is -2.34. The summed E-state index contributed by atoms with van der Waals surface area (Å²) in [5.74, 6) is 1.59. The Balaban J connectivity index is 1.85. The highest BCUT2D eigenvalue weighted by atomic mass is 15.3. The minimum atomic E-state index is 0.754. The van der Waals surface area contributed by atoms with Crippen LogP contribution in [-0.2, 0) is 6.54 Å². The Morgan fingerprint density at radius 2 is 2.31 bits per heavy atom. The molecule has 1 N–H and O–H groups in total. The molecule has 0 radical (unpaired) electrons. The molecule has 3 heteroatoms. The summed E-state index contributed by atoms with van der Waals surface area (Å²) in [6, 6.07) is 0. The van der Waals surface area contributed by atoms with Crippen molar-refractivity contribution in [3.05, 3.63) is 18.0 Å². The lowest BCUT2D eigenvalue weighted by atomic mass is 9.71. The number of aryl methyl sites for hydroxylation is 1. The zero-order valence-corrected chi connectivity index (χ0v) is 10.4. The molecule has 1 saturated carbocycles. The average Bonchev–Trinajstić information content (AvgIpc) is 2.71. The second-order valence-corrected chi connectivity index (χ2v) is 4.78. The highest BCUT2D eigenvalue weighted by Gasteiger charge is 2.32. The first-order chi connectivity index (χ1) is 7.85. The first-order valence-corrected chi connectivity index (χ1v) is 6.58. The van der Waals surface area contributed by atoms with Gasteiger partial charge in [0.25, 0.3) is 0 Å². The SMILES string of the molecule is CCCNCC1CCC1c1cnn(CC)c1. The second-order valence-electron chi connectivity index (χ2n) is 4.78. The maximum Gasteiger partial charge on any atom is 0.0524 e. The summed E-state index contributed by atoms with van der Waals surface area (Å²) in [5.41, 5.74) is 1.44. The van der Waals surface area contributed by atoms with E-state index in [0.717, 1.165) is 24.9 Å². The van der Waals surface area contributed by atoms with Crippen molar-refractivity contribution < 1.29 is 0 Å². The third-order valence-corrected chi connectivity index (χ3v) is 3.66. The van der Waals surface area contributed by atoms with E-state index in [0.29, 0.717) is 0 Å². The van der Waals surface area contributed by atoms with Crippen LogP contribution in [0.2, 0.25) is 0 Å². The maximum atomic E-state index is 4.36. The van der Waals surface area contributed by atoms with Crippen molar-refractivity contribution in [2.75, 3.05) is 13.1 Å². The summed E-state index contributed by atoms with van der Waals surface area (Å²) in [7, 11) is 0. The second kappa shape index (κ2) is 5.48. The standard InChI is InChI=1S/C13H23N3/c1-3-7-14-8-11-5-6-13(11)12-9-15-16(4-2)10-12/h9-11,13-14H,3-8H2,1-2H3. The minimum Gasteiger partial charge on any atom is -0.316 e. The van der Waals surface area contributed by atoms with Gasteiger partial charge in [-0.05, 0) is 56.7 Å². The van der Waals surface area contributed by atoms with Gasteiger partial charge >= 0.3 is 0 Å². The van der Waals surface area contributed by atoms with E-state index in [1.54, 1.807) is 0 Å². The van der Waals surface area contributed by atoms with Gasteiger partial charge in [-0.1, -0.05) is 6.92 Å². The first kappa shape index (κ1) is 11.6. The molecule has 0 amide bonds. The van der Waals surface area contributed by atoms with E-state index in [2.05, 4.69) is 36.7 Å². The average molecular weight is 221 g/mol. The summed E-state index contributed by atoms with van der Waals surface area (Å²) in [6.07, 6.45) is 8.22. The molecular weight excluding hydrogens is 198 g/mol. The molecule has 0 spiro atoms. The van der Waals surface area contributed by atoms with Crippen LogP contribution < -0.4 is 5.32 Å². The third kappa shape index (κ3) is 2.46. The molecule has 1 aliphatic carbocycles. The smallest absolute Gasteiger partial charge is 0.0524 e. The zero-order chi connectivity index (χ0) is 11.4. The molecular formula is C13H23N3. The zero-order valence-electron chi connectivity index (χ0n) is 10.4. The molecule has 2 rings (SSSR count). The van der Waals surface area contributed by atoms with Crippen molar-refractivity contribution in [3.63, 3.8) is 0 Å². The van der Waals surface area contributed by atoms with Gasteiger partial charge in [-0.2, -0.15) is 5.10 Å². The van der Waals surface area contributed by atoms with Gasteiger partial charge in [-0.25, -0.2) is 0 Å². The summed E-state index contributed by atoms with van der Waals surface area (Å²) >= 11 is 0. The molecule has 0 aliphatic heterocycles. The van der Waals surface area contributed by atoms with E-state index in [-0.39, 0.29) is 0 Å². The molecule has 2 atom stereocenters. The molecule has 1 aliphatic rings. The van der Waals surface area contributed by atoms with Gasteiger partial charge in [0, 0.05) is 12.7 Å². The lowest BCUT2D eigenvalue weighted by molar-refractivity contribution is 0.246. The van der Waals surface area contributed by atoms with Crippen molar-refractivity contribution in [2.24, 2.45) is 5.92 Å². The van der Waals surface area contributed by atoms with E-state index in [1.165, 1.54) is 31.4 Å². The molecule has 0 bridgehead atoms. The number of hydrogen-bond donors (Lipinski definition) is 1. The van der Waals surface area contributed by atoms with E-state index in [1.807, 2.05) is 4.68 Å².